The molecule has 1 saturated carbocycles. The molecule has 0 spiro atoms. The van der Waals surface area contributed by atoms with E-state index in [1.165, 1.54) is 0 Å². The summed E-state index contributed by atoms with van der Waals surface area (Å²) < 4.78 is 37.7. The van der Waals surface area contributed by atoms with E-state index >= 15 is 0 Å². The van der Waals surface area contributed by atoms with Gasteiger partial charge in [0.25, 0.3) is 0 Å². The lowest BCUT2D eigenvalue weighted by Crippen LogP contribution is -2.40. The molecule has 0 N–H and O–H groups in total. The van der Waals surface area contributed by atoms with Gasteiger partial charge in [-0.15, -0.1) is 0 Å². The summed E-state index contributed by atoms with van der Waals surface area (Å²) in [5.74, 6) is -3.84. The minimum Gasteiger partial charge on any atom is -0.299 e. The number of alkyl halides is 3. The largest absolute Gasteiger partial charge is 0.398 e. The molecule has 1 rings (SSSR count). The van der Waals surface area contributed by atoms with Gasteiger partial charge in [-0.25, -0.2) is 0 Å². The highest BCUT2D eigenvalue weighted by Gasteiger charge is 2.50. The number of halogens is 3. The molecule has 7 heteroatoms. The van der Waals surface area contributed by atoms with Gasteiger partial charge in [-0.05, 0) is 12.8 Å². The van der Waals surface area contributed by atoms with Crippen molar-refractivity contribution < 1.29 is 22.9 Å². The average molecular weight is 239 g/mol. The highest BCUT2D eigenvalue weighted by atomic mass is 19.4. The lowest BCUT2D eigenvalue weighted by atomic mass is 9.78. The molecule has 0 aliphatic heterocycles. The molecule has 1 aliphatic carbocycles. The van der Waals surface area contributed by atoms with Crippen molar-refractivity contribution in [2.24, 2.45) is 11.8 Å². The smallest absolute Gasteiger partial charge is 0.299 e. The molecule has 0 aromatic rings. The highest BCUT2D eigenvalue weighted by Crippen LogP contribution is 2.37. The molecule has 16 heavy (non-hydrogen) atoms. The topological polar surface area (TPSA) is 60.2 Å². The first-order valence-corrected chi connectivity index (χ1v) is 5.03. The maximum atomic E-state index is 12.6. The summed E-state index contributed by atoms with van der Waals surface area (Å²) in [6.45, 7) is -1.21. The molecule has 0 heterocycles. The summed E-state index contributed by atoms with van der Waals surface area (Å²) >= 11 is 0. The molecule has 0 bridgehead atoms. The summed E-state index contributed by atoms with van der Waals surface area (Å²) in [7, 11) is 0. The van der Waals surface area contributed by atoms with Gasteiger partial charge in [0.05, 0.1) is 0 Å². The van der Waals surface area contributed by atoms with Crippen LogP contribution in [-0.4, -0.2) is 23.4 Å². The number of nitro groups is 1. The maximum absolute atomic E-state index is 12.6. The highest BCUT2D eigenvalue weighted by molar-refractivity contribution is 5.82. The number of Topliss-reactive ketones (excluding diaryl/α,β-unsaturated/α-hetero) is 1. The second kappa shape index (κ2) is 4.80. The first-order chi connectivity index (χ1) is 7.32. The van der Waals surface area contributed by atoms with Crippen LogP contribution in [0.2, 0.25) is 0 Å². The van der Waals surface area contributed by atoms with E-state index in [9.17, 15) is 28.1 Å². The monoisotopic (exact) mass is 239 g/mol. The molecule has 0 aromatic heterocycles. The number of hydrogen-bond donors (Lipinski definition) is 0. The molecule has 0 amide bonds. The van der Waals surface area contributed by atoms with Crippen molar-refractivity contribution in [2.75, 3.05) is 6.54 Å². The Morgan fingerprint density at radius 3 is 2.50 bits per heavy atom. The Balaban J connectivity index is 2.82. The van der Waals surface area contributed by atoms with Crippen LogP contribution in [0.5, 0.6) is 0 Å². The Labute approximate surface area is 90.0 Å². The Morgan fingerprint density at radius 2 is 2.06 bits per heavy atom. The van der Waals surface area contributed by atoms with E-state index in [-0.39, 0.29) is 12.8 Å². The summed E-state index contributed by atoms with van der Waals surface area (Å²) in [4.78, 5) is 20.5. The summed E-state index contributed by atoms with van der Waals surface area (Å²) in [6, 6.07) is 0. The number of carbonyl (C=O) groups excluding carboxylic acids is 1. The van der Waals surface area contributed by atoms with Crippen molar-refractivity contribution >= 4 is 5.78 Å². The van der Waals surface area contributed by atoms with E-state index in [1.807, 2.05) is 0 Å². The second-order valence-corrected chi connectivity index (χ2v) is 3.98. The zero-order chi connectivity index (χ0) is 12.3. The van der Waals surface area contributed by atoms with Crippen LogP contribution in [0.3, 0.4) is 0 Å². The number of rotatable bonds is 3. The van der Waals surface area contributed by atoms with Crippen molar-refractivity contribution in [3.63, 3.8) is 0 Å². The first-order valence-electron chi connectivity index (χ1n) is 5.03. The Morgan fingerprint density at radius 1 is 1.44 bits per heavy atom. The van der Waals surface area contributed by atoms with Crippen molar-refractivity contribution in [3.8, 4) is 0 Å². The molecule has 0 saturated heterocycles. The quantitative estimate of drug-likeness (QED) is 0.560. The fourth-order valence-corrected chi connectivity index (χ4v) is 2.05. The summed E-state index contributed by atoms with van der Waals surface area (Å²) in [5, 5.41) is 10.2. The van der Waals surface area contributed by atoms with E-state index in [2.05, 4.69) is 0 Å². The first kappa shape index (κ1) is 12.9. The number of hydrogen-bond acceptors (Lipinski definition) is 3. The van der Waals surface area contributed by atoms with Crippen LogP contribution >= 0.6 is 0 Å². The van der Waals surface area contributed by atoms with Gasteiger partial charge in [0.15, 0.2) is 0 Å². The molecule has 2 atom stereocenters. The Bertz CT molecular complexity index is 290. The van der Waals surface area contributed by atoms with E-state index in [4.69, 9.17) is 0 Å². The van der Waals surface area contributed by atoms with E-state index < -0.39 is 35.3 Å². The van der Waals surface area contributed by atoms with Gasteiger partial charge < -0.3 is 0 Å². The standard InChI is InChI=1S/C9H12F3NO3/c10-9(11,12)7(5-13(15)16)6-3-1-2-4-8(6)14/h6-7H,1-5H2/t6-,7-/m1/s1. The summed E-state index contributed by atoms with van der Waals surface area (Å²) in [6.07, 6.45) is -3.35. The van der Waals surface area contributed by atoms with Crippen molar-refractivity contribution in [2.45, 2.75) is 31.9 Å². The van der Waals surface area contributed by atoms with Gasteiger partial charge in [0.2, 0.25) is 6.54 Å². The molecule has 92 valence electrons. The fourth-order valence-electron chi connectivity index (χ4n) is 2.05. The molecule has 1 aliphatic rings. The molecule has 0 aromatic carbocycles. The molecule has 0 unspecified atom stereocenters. The lowest BCUT2D eigenvalue weighted by molar-refractivity contribution is -0.499. The van der Waals surface area contributed by atoms with Crippen LogP contribution in [0.1, 0.15) is 25.7 Å². The normalized spacial score (nSPS) is 24.2. The average Bonchev–Trinajstić information content (AvgIpc) is 2.13. The van der Waals surface area contributed by atoms with E-state index in [0.29, 0.717) is 12.8 Å². The number of nitrogens with zero attached hydrogens (tertiary/aromatic N) is 1. The zero-order valence-electron chi connectivity index (χ0n) is 8.50. The van der Waals surface area contributed by atoms with Gasteiger partial charge >= 0.3 is 6.18 Å². The molecule has 0 radical (unpaired) electrons. The molecular formula is C9H12F3NO3. The predicted molar refractivity (Wildman–Crippen MR) is 48.4 cm³/mol. The number of carbonyl (C=O) groups is 1. The van der Waals surface area contributed by atoms with Crippen LogP contribution < -0.4 is 0 Å². The third-order valence-electron chi connectivity index (χ3n) is 2.85. The second-order valence-electron chi connectivity index (χ2n) is 3.98. The van der Waals surface area contributed by atoms with Gasteiger partial charge in [-0.1, -0.05) is 6.42 Å². The lowest BCUT2D eigenvalue weighted by Gasteiger charge is -2.27. The zero-order valence-corrected chi connectivity index (χ0v) is 8.50. The van der Waals surface area contributed by atoms with E-state index in [0.717, 1.165) is 0 Å². The van der Waals surface area contributed by atoms with Crippen molar-refractivity contribution in [1.29, 1.82) is 0 Å². The minimum atomic E-state index is -4.68. The van der Waals surface area contributed by atoms with Gasteiger partial charge in [0.1, 0.15) is 11.7 Å². The fraction of sp³-hybridized carbons (Fsp3) is 0.889. The van der Waals surface area contributed by atoms with Crippen LogP contribution in [0.25, 0.3) is 0 Å². The molecule has 1 fully saturated rings. The van der Waals surface area contributed by atoms with Gasteiger partial charge in [-0.2, -0.15) is 13.2 Å². The SMILES string of the molecule is O=C1CCCC[C@@H]1[C@@H](C[N+](=O)[O-])C(F)(F)F. The Kier molecular flexibility index (Phi) is 3.88. The Hall–Kier alpha value is -1.14. The third kappa shape index (κ3) is 3.18. The van der Waals surface area contributed by atoms with Crippen molar-refractivity contribution in [3.05, 3.63) is 10.1 Å². The van der Waals surface area contributed by atoms with Crippen LogP contribution in [0, 0.1) is 22.0 Å². The van der Waals surface area contributed by atoms with Crippen molar-refractivity contribution in [1.82, 2.24) is 0 Å². The number of ketones is 1. The third-order valence-corrected chi connectivity index (χ3v) is 2.85. The molecular weight excluding hydrogens is 227 g/mol. The maximum Gasteiger partial charge on any atom is 0.398 e. The van der Waals surface area contributed by atoms with Gasteiger partial charge in [0, 0.05) is 17.3 Å². The van der Waals surface area contributed by atoms with Crippen LogP contribution in [-0.2, 0) is 4.79 Å². The molecule has 4 nitrogen and oxygen atoms in total. The predicted octanol–water partition coefficient (Wildman–Crippen LogP) is 2.20. The summed E-state index contributed by atoms with van der Waals surface area (Å²) in [5.41, 5.74) is 0. The van der Waals surface area contributed by atoms with Gasteiger partial charge in [-0.3, -0.25) is 14.9 Å². The van der Waals surface area contributed by atoms with Crippen LogP contribution in [0.15, 0.2) is 0 Å². The van der Waals surface area contributed by atoms with E-state index in [1.54, 1.807) is 0 Å². The minimum absolute atomic E-state index is 0.106. The van der Waals surface area contributed by atoms with Crippen LogP contribution in [0.4, 0.5) is 13.2 Å².